The van der Waals surface area contributed by atoms with Crippen molar-refractivity contribution >= 4 is 11.3 Å². The smallest absolute Gasteiger partial charge is 0.0593 e. The summed E-state index contributed by atoms with van der Waals surface area (Å²) in [4.78, 5) is 5.22. The zero-order valence-electron chi connectivity index (χ0n) is 11.4. The molecule has 0 aromatic carbocycles. The maximum Gasteiger partial charge on any atom is 0.0593 e. The molecule has 2 rings (SSSR count). The predicted molar refractivity (Wildman–Crippen MR) is 77.0 cm³/mol. The summed E-state index contributed by atoms with van der Waals surface area (Å²) < 4.78 is 5.37. The zero-order chi connectivity index (χ0) is 12.8. The molecule has 0 atom stereocenters. The van der Waals surface area contributed by atoms with E-state index in [1.807, 2.05) is 18.3 Å². The lowest BCUT2D eigenvalue weighted by molar-refractivity contribution is 0.120. The number of rotatable bonds is 9. The Hall–Kier alpha value is -0.420. The van der Waals surface area contributed by atoms with Gasteiger partial charge in [-0.25, -0.2) is 0 Å². The molecule has 18 heavy (non-hydrogen) atoms. The first-order valence-corrected chi connectivity index (χ1v) is 7.67. The second kappa shape index (κ2) is 7.24. The molecule has 0 unspecified atom stereocenters. The van der Waals surface area contributed by atoms with Crippen molar-refractivity contribution in [2.45, 2.75) is 38.9 Å². The summed E-state index contributed by atoms with van der Waals surface area (Å²) in [6.07, 6.45) is 2.72. The van der Waals surface area contributed by atoms with Crippen LogP contribution in [0.25, 0.3) is 0 Å². The van der Waals surface area contributed by atoms with Gasteiger partial charge in [-0.15, -0.1) is 11.3 Å². The lowest BCUT2D eigenvalue weighted by atomic mass is 10.4. The molecule has 1 saturated carbocycles. The van der Waals surface area contributed by atoms with Crippen molar-refractivity contribution in [2.75, 3.05) is 26.8 Å². The second-order valence-corrected chi connectivity index (χ2v) is 6.21. The maximum absolute atomic E-state index is 5.37. The van der Waals surface area contributed by atoms with Crippen LogP contribution in [0, 0.1) is 0 Å². The molecule has 0 bridgehead atoms. The average molecular weight is 268 g/mol. The highest BCUT2D eigenvalue weighted by atomic mass is 32.1. The molecule has 1 aliphatic rings. The van der Waals surface area contributed by atoms with Crippen LogP contribution in [-0.4, -0.2) is 37.7 Å². The number of thiophene rings is 1. The molecule has 0 amide bonds. The van der Waals surface area contributed by atoms with Crippen molar-refractivity contribution in [3.63, 3.8) is 0 Å². The summed E-state index contributed by atoms with van der Waals surface area (Å²) >= 11 is 1.93. The number of hydrogen-bond acceptors (Lipinski definition) is 4. The number of hydrogen-bond donors (Lipinski definition) is 1. The lowest BCUT2D eigenvalue weighted by Gasteiger charge is -2.15. The Morgan fingerprint density at radius 2 is 2.17 bits per heavy atom. The van der Waals surface area contributed by atoms with Crippen LogP contribution in [0.4, 0.5) is 0 Å². The van der Waals surface area contributed by atoms with Crippen molar-refractivity contribution in [3.05, 3.63) is 21.9 Å². The second-order valence-electron chi connectivity index (χ2n) is 4.96. The highest BCUT2D eigenvalue weighted by Crippen LogP contribution is 2.22. The molecule has 0 aliphatic heterocycles. The molecule has 4 heteroatoms. The van der Waals surface area contributed by atoms with E-state index < -0.39 is 0 Å². The van der Waals surface area contributed by atoms with E-state index in [-0.39, 0.29) is 0 Å². The molecular formula is C14H24N2OS. The molecule has 3 nitrogen and oxygen atoms in total. The van der Waals surface area contributed by atoms with Crippen LogP contribution in [0.3, 0.4) is 0 Å². The van der Waals surface area contributed by atoms with E-state index in [1.54, 1.807) is 0 Å². The first-order valence-electron chi connectivity index (χ1n) is 6.85. The molecule has 0 saturated heterocycles. The van der Waals surface area contributed by atoms with E-state index in [4.69, 9.17) is 4.74 Å². The Kier molecular flexibility index (Phi) is 5.63. The van der Waals surface area contributed by atoms with Crippen molar-refractivity contribution in [1.29, 1.82) is 0 Å². The molecule has 0 radical (unpaired) electrons. The number of nitrogens with one attached hydrogen (secondary N) is 1. The van der Waals surface area contributed by atoms with E-state index in [0.29, 0.717) is 0 Å². The maximum atomic E-state index is 5.37. The third-order valence-electron chi connectivity index (χ3n) is 3.11. The van der Waals surface area contributed by atoms with Crippen LogP contribution >= 0.6 is 11.3 Å². The minimum absolute atomic E-state index is 0.796. The van der Waals surface area contributed by atoms with Gasteiger partial charge in [0.15, 0.2) is 0 Å². The van der Waals surface area contributed by atoms with Crippen molar-refractivity contribution in [2.24, 2.45) is 0 Å². The van der Waals surface area contributed by atoms with Gasteiger partial charge in [0, 0.05) is 42.0 Å². The fraction of sp³-hybridized carbons (Fsp3) is 0.714. The fourth-order valence-corrected chi connectivity index (χ4v) is 2.89. The zero-order valence-corrected chi connectivity index (χ0v) is 12.3. The standard InChI is InChI=1S/C14H24N2OS/c1-3-17-9-8-16(2)11-14-7-6-13(18-14)10-15-12-4-5-12/h6-7,12,15H,3-5,8-11H2,1-2H3. The number of nitrogens with zero attached hydrogens (tertiary/aromatic N) is 1. The number of likely N-dealkylation sites (N-methyl/N-ethyl adjacent to an activating group) is 1. The normalized spacial score (nSPS) is 15.5. The fourth-order valence-electron chi connectivity index (χ4n) is 1.84. The van der Waals surface area contributed by atoms with Crippen molar-refractivity contribution in [1.82, 2.24) is 10.2 Å². The summed E-state index contributed by atoms with van der Waals surface area (Å²) in [5.74, 6) is 0. The highest BCUT2D eigenvalue weighted by Gasteiger charge is 2.20. The summed E-state index contributed by atoms with van der Waals surface area (Å²) in [7, 11) is 2.15. The molecule has 102 valence electrons. The average Bonchev–Trinajstić information content (AvgIpc) is 3.08. The molecule has 1 fully saturated rings. The van der Waals surface area contributed by atoms with Crippen LogP contribution in [0.5, 0.6) is 0 Å². The molecule has 1 heterocycles. The summed E-state index contributed by atoms with van der Waals surface area (Å²) in [6, 6.07) is 5.31. The first-order chi connectivity index (χ1) is 8.78. The Morgan fingerprint density at radius 3 is 2.89 bits per heavy atom. The Balaban J connectivity index is 1.67. The molecule has 1 N–H and O–H groups in total. The minimum Gasteiger partial charge on any atom is -0.380 e. The van der Waals surface area contributed by atoms with Crippen LogP contribution in [0.2, 0.25) is 0 Å². The van der Waals surface area contributed by atoms with E-state index in [2.05, 4.69) is 29.4 Å². The van der Waals surface area contributed by atoms with Crippen molar-refractivity contribution < 1.29 is 4.74 Å². The van der Waals surface area contributed by atoms with E-state index in [9.17, 15) is 0 Å². The van der Waals surface area contributed by atoms with Gasteiger partial charge in [0.05, 0.1) is 6.61 Å². The molecule has 1 aliphatic carbocycles. The Labute approximate surface area is 114 Å². The first kappa shape index (κ1) is 14.0. The molecule has 1 aromatic heterocycles. The van der Waals surface area contributed by atoms with Gasteiger partial charge >= 0.3 is 0 Å². The van der Waals surface area contributed by atoms with Gasteiger partial charge in [-0.1, -0.05) is 0 Å². The molecule has 1 aromatic rings. The summed E-state index contributed by atoms with van der Waals surface area (Å²) in [6.45, 7) is 6.75. The Morgan fingerprint density at radius 1 is 1.39 bits per heavy atom. The molecule has 0 spiro atoms. The summed E-state index contributed by atoms with van der Waals surface area (Å²) in [5.41, 5.74) is 0. The van der Waals surface area contributed by atoms with Gasteiger partial charge in [-0.05, 0) is 38.9 Å². The minimum atomic E-state index is 0.796. The van der Waals surface area contributed by atoms with Gasteiger partial charge in [0.25, 0.3) is 0 Å². The van der Waals surface area contributed by atoms with Crippen LogP contribution in [0.15, 0.2) is 12.1 Å². The third-order valence-corrected chi connectivity index (χ3v) is 4.18. The van der Waals surface area contributed by atoms with Crippen molar-refractivity contribution in [3.8, 4) is 0 Å². The summed E-state index contributed by atoms with van der Waals surface area (Å²) in [5, 5.41) is 3.56. The van der Waals surface area contributed by atoms with E-state index in [1.165, 1.54) is 22.6 Å². The molecular weight excluding hydrogens is 244 g/mol. The van der Waals surface area contributed by atoms with E-state index >= 15 is 0 Å². The lowest BCUT2D eigenvalue weighted by Crippen LogP contribution is -2.22. The quantitative estimate of drug-likeness (QED) is 0.696. The Bertz CT molecular complexity index is 349. The van der Waals surface area contributed by atoms with Crippen LogP contribution in [0.1, 0.15) is 29.5 Å². The van der Waals surface area contributed by atoms with Crippen LogP contribution in [-0.2, 0) is 17.8 Å². The third kappa shape index (κ3) is 5.06. The van der Waals surface area contributed by atoms with Gasteiger partial charge in [0.2, 0.25) is 0 Å². The largest absolute Gasteiger partial charge is 0.380 e. The van der Waals surface area contributed by atoms with Crippen LogP contribution < -0.4 is 5.32 Å². The monoisotopic (exact) mass is 268 g/mol. The van der Waals surface area contributed by atoms with E-state index in [0.717, 1.165) is 38.9 Å². The van der Waals surface area contributed by atoms with Gasteiger partial charge in [0.1, 0.15) is 0 Å². The van der Waals surface area contributed by atoms with Gasteiger partial charge in [-0.3, -0.25) is 4.90 Å². The van der Waals surface area contributed by atoms with Gasteiger partial charge in [-0.2, -0.15) is 0 Å². The highest BCUT2D eigenvalue weighted by molar-refractivity contribution is 7.11. The number of ether oxygens (including phenoxy) is 1. The topological polar surface area (TPSA) is 24.5 Å². The predicted octanol–water partition coefficient (Wildman–Crippen LogP) is 2.47. The van der Waals surface area contributed by atoms with Gasteiger partial charge < -0.3 is 10.1 Å². The SMILES string of the molecule is CCOCCN(C)Cc1ccc(CNC2CC2)s1.